The second kappa shape index (κ2) is 5.24. The summed E-state index contributed by atoms with van der Waals surface area (Å²) >= 11 is 0. The number of carbonyl (C=O) groups excluding carboxylic acids is 1. The van der Waals surface area contributed by atoms with Crippen molar-refractivity contribution in [1.82, 2.24) is 0 Å². The van der Waals surface area contributed by atoms with Crippen LogP contribution in [0.15, 0.2) is 11.9 Å². The molecular formula is C6H11O4P. The Morgan fingerprint density at radius 2 is 1.73 bits per heavy atom. The average Bonchev–Trinajstić information content (AvgIpc) is 2.05. The molecule has 0 saturated heterocycles. The van der Waals surface area contributed by atoms with Crippen molar-refractivity contribution >= 4 is 14.3 Å². The van der Waals surface area contributed by atoms with Crippen LogP contribution >= 0.6 is 8.38 Å². The van der Waals surface area contributed by atoms with Gasteiger partial charge in [-0.25, -0.2) is 4.79 Å². The fraction of sp³-hybridized carbons (Fsp3) is 0.500. The topological polar surface area (TPSA) is 44.8 Å². The largest absolute Gasteiger partial charge is 0.465 e. The van der Waals surface area contributed by atoms with E-state index >= 15 is 0 Å². The maximum absolute atomic E-state index is 10.8. The first kappa shape index (κ1) is 10.6. The van der Waals surface area contributed by atoms with Gasteiger partial charge in [-0.3, -0.25) is 0 Å². The predicted octanol–water partition coefficient (Wildman–Crippen LogP) is 1.28. The molecule has 4 nitrogen and oxygen atoms in total. The summed E-state index contributed by atoms with van der Waals surface area (Å²) in [5.74, 6) is -0.500. The van der Waals surface area contributed by atoms with Gasteiger partial charge < -0.3 is 13.8 Å². The van der Waals surface area contributed by atoms with Crippen LogP contribution in [0.5, 0.6) is 0 Å². The van der Waals surface area contributed by atoms with Gasteiger partial charge in [0, 0.05) is 14.2 Å². The summed E-state index contributed by atoms with van der Waals surface area (Å²) in [6, 6.07) is 0. The van der Waals surface area contributed by atoms with Gasteiger partial charge in [0.1, 0.15) is 5.31 Å². The molecule has 0 aromatic heterocycles. The molecular weight excluding hydrogens is 167 g/mol. The molecule has 64 valence electrons. The minimum absolute atomic E-state index is 0.215. The minimum Gasteiger partial charge on any atom is -0.465 e. The third-order valence-electron chi connectivity index (χ3n) is 0.973. The van der Waals surface area contributed by atoms with Crippen LogP contribution in [0, 0.1) is 0 Å². The molecule has 0 rings (SSSR count). The number of hydrogen-bond acceptors (Lipinski definition) is 4. The van der Waals surface area contributed by atoms with E-state index in [2.05, 4.69) is 11.3 Å². The summed E-state index contributed by atoms with van der Waals surface area (Å²) in [5, 5.41) is 0.215. The van der Waals surface area contributed by atoms with Crippen molar-refractivity contribution in [3.8, 4) is 0 Å². The average molecular weight is 178 g/mol. The lowest BCUT2D eigenvalue weighted by molar-refractivity contribution is -0.135. The van der Waals surface area contributed by atoms with E-state index in [0.717, 1.165) is 0 Å². The lowest BCUT2D eigenvalue weighted by Gasteiger charge is -2.11. The molecule has 0 aromatic carbocycles. The van der Waals surface area contributed by atoms with Gasteiger partial charge in [-0.2, -0.15) is 0 Å². The van der Waals surface area contributed by atoms with E-state index < -0.39 is 14.3 Å². The standard InChI is InChI=1S/C6H11O4P/c1-5(6(7)8-2)11(9-3)10-4/h1H2,2-4H3. The van der Waals surface area contributed by atoms with Crippen LogP contribution in [-0.4, -0.2) is 27.3 Å². The smallest absolute Gasteiger partial charge is 0.342 e. The number of esters is 1. The monoisotopic (exact) mass is 178 g/mol. The number of rotatable bonds is 4. The van der Waals surface area contributed by atoms with Crippen LogP contribution in [0.3, 0.4) is 0 Å². The SMILES string of the molecule is C=C(C(=O)OC)P(OC)OC. The maximum atomic E-state index is 10.8. The van der Waals surface area contributed by atoms with E-state index in [1.807, 2.05) is 0 Å². The number of methoxy groups -OCH3 is 1. The Labute approximate surface area is 67.0 Å². The molecule has 0 spiro atoms. The zero-order valence-electron chi connectivity index (χ0n) is 6.79. The van der Waals surface area contributed by atoms with Gasteiger partial charge >= 0.3 is 5.97 Å². The second-order valence-corrected chi connectivity index (χ2v) is 3.34. The molecule has 0 aromatic rings. The summed E-state index contributed by atoms with van der Waals surface area (Å²) < 4.78 is 14.1. The van der Waals surface area contributed by atoms with Gasteiger partial charge in [-0.05, 0) is 0 Å². The molecule has 0 bridgehead atoms. The zero-order chi connectivity index (χ0) is 8.85. The van der Waals surface area contributed by atoms with Crippen molar-refractivity contribution in [2.24, 2.45) is 0 Å². The summed E-state index contributed by atoms with van der Waals surface area (Å²) in [6.45, 7) is 3.47. The molecule has 5 heteroatoms. The van der Waals surface area contributed by atoms with Crippen molar-refractivity contribution in [2.45, 2.75) is 0 Å². The van der Waals surface area contributed by atoms with E-state index in [0.29, 0.717) is 0 Å². The molecule has 0 atom stereocenters. The molecule has 0 aliphatic carbocycles. The van der Waals surface area contributed by atoms with Crippen LogP contribution in [0.1, 0.15) is 0 Å². The first-order valence-corrected chi connectivity index (χ1v) is 4.00. The Balaban J connectivity index is 4.09. The summed E-state index contributed by atoms with van der Waals surface area (Å²) in [5.41, 5.74) is 0. The summed E-state index contributed by atoms with van der Waals surface area (Å²) in [7, 11) is 2.85. The van der Waals surface area contributed by atoms with Gasteiger partial charge in [0.05, 0.1) is 7.11 Å². The van der Waals surface area contributed by atoms with Crippen molar-refractivity contribution in [2.75, 3.05) is 21.3 Å². The first-order chi connectivity index (χ1) is 5.17. The van der Waals surface area contributed by atoms with E-state index in [1.54, 1.807) is 0 Å². The van der Waals surface area contributed by atoms with Gasteiger partial charge in [-0.15, -0.1) is 0 Å². The lowest BCUT2D eigenvalue weighted by atomic mass is 10.6. The quantitative estimate of drug-likeness (QED) is 0.369. The molecule has 0 unspecified atom stereocenters. The van der Waals surface area contributed by atoms with E-state index in [4.69, 9.17) is 9.05 Å². The van der Waals surface area contributed by atoms with Crippen LogP contribution < -0.4 is 0 Å². The Morgan fingerprint density at radius 3 is 2.00 bits per heavy atom. The Morgan fingerprint density at radius 1 is 1.27 bits per heavy atom. The highest BCUT2D eigenvalue weighted by atomic mass is 31.2. The highest BCUT2D eigenvalue weighted by Crippen LogP contribution is 2.44. The third-order valence-corrected chi connectivity index (χ3v) is 2.26. The minimum atomic E-state index is -1.33. The van der Waals surface area contributed by atoms with E-state index in [9.17, 15) is 4.79 Å². The number of carbonyl (C=O) groups is 1. The molecule has 0 heterocycles. The van der Waals surface area contributed by atoms with Crippen LogP contribution in [0.25, 0.3) is 0 Å². The van der Waals surface area contributed by atoms with Gasteiger partial charge in [0.25, 0.3) is 0 Å². The molecule has 0 N–H and O–H groups in total. The van der Waals surface area contributed by atoms with Crippen molar-refractivity contribution in [1.29, 1.82) is 0 Å². The van der Waals surface area contributed by atoms with E-state index in [-0.39, 0.29) is 5.31 Å². The zero-order valence-corrected chi connectivity index (χ0v) is 7.68. The van der Waals surface area contributed by atoms with Crippen LogP contribution in [0.2, 0.25) is 0 Å². The molecule has 0 amide bonds. The second-order valence-electron chi connectivity index (χ2n) is 1.56. The predicted molar refractivity (Wildman–Crippen MR) is 42.1 cm³/mol. The molecule has 0 saturated carbocycles. The summed E-state index contributed by atoms with van der Waals surface area (Å²) in [4.78, 5) is 10.8. The number of ether oxygens (including phenoxy) is 1. The number of hydrogen-bond donors (Lipinski definition) is 0. The third kappa shape index (κ3) is 2.97. The van der Waals surface area contributed by atoms with Crippen molar-refractivity contribution in [3.63, 3.8) is 0 Å². The lowest BCUT2D eigenvalue weighted by Crippen LogP contribution is -2.03. The fourth-order valence-corrected chi connectivity index (χ4v) is 1.32. The molecule has 0 radical (unpaired) electrons. The van der Waals surface area contributed by atoms with Crippen molar-refractivity contribution in [3.05, 3.63) is 11.9 Å². The Hall–Kier alpha value is -0.440. The molecule has 11 heavy (non-hydrogen) atoms. The van der Waals surface area contributed by atoms with Gasteiger partial charge in [0.15, 0.2) is 0 Å². The first-order valence-electron chi connectivity index (χ1n) is 2.83. The van der Waals surface area contributed by atoms with E-state index in [1.165, 1.54) is 21.3 Å². The highest BCUT2D eigenvalue weighted by molar-refractivity contribution is 7.53. The molecule has 0 aliphatic rings. The molecule has 0 aliphatic heterocycles. The van der Waals surface area contributed by atoms with Crippen LogP contribution in [0.4, 0.5) is 0 Å². The Bertz CT molecular complexity index is 153. The Kier molecular flexibility index (Phi) is 5.03. The molecule has 0 fully saturated rings. The van der Waals surface area contributed by atoms with Crippen LogP contribution in [-0.2, 0) is 18.6 Å². The van der Waals surface area contributed by atoms with Gasteiger partial charge in [-0.1, -0.05) is 6.58 Å². The fourth-order valence-electron chi connectivity index (χ4n) is 0.487. The van der Waals surface area contributed by atoms with Crippen molar-refractivity contribution < 1.29 is 18.6 Å². The van der Waals surface area contributed by atoms with Gasteiger partial charge in [0.2, 0.25) is 8.38 Å². The highest BCUT2D eigenvalue weighted by Gasteiger charge is 2.19. The maximum Gasteiger partial charge on any atom is 0.342 e. The summed E-state index contributed by atoms with van der Waals surface area (Å²) in [6.07, 6.45) is 0. The normalized spacial score (nSPS) is 9.82.